The quantitative estimate of drug-likeness (QED) is 0.272. The summed E-state index contributed by atoms with van der Waals surface area (Å²) in [5, 5.41) is 21.5. The van der Waals surface area contributed by atoms with Crippen molar-refractivity contribution in [3.05, 3.63) is 86.1 Å². The molecule has 0 fully saturated rings. The zero-order valence-electron chi connectivity index (χ0n) is 20.9. The predicted molar refractivity (Wildman–Crippen MR) is 151 cm³/mol. The Morgan fingerprint density at radius 1 is 1.28 bits per heavy atom. The number of aromatic carboxylic acids is 1. The van der Waals surface area contributed by atoms with Crippen LogP contribution in [-0.2, 0) is 6.54 Å². The first-order valence-electron chi connectivity index (χ1n) is 11.7. The predicted octanol–water partition coefficient (Wildman–Crippen LogP) is 5.63. The Hall–Kier alpha value is -4.59. The van der Waals surface area contributed by atoms with Gasteiger partial charge in [-0.1, -0.05) is 18.2 Å². The van der Waals surface area contributed by atoms with E-state index in [1.165, 1.54) is 28.2 Å². The molecule has 0 aliphatic rings. The highest BCUT2D eigenvalue weighted by molar-refractivity contribution is 7.18. The van der Waals surface area contributed by atoms with Crippen LogP contribution in [0.15, 0.2) is 47.2 Å². The van der Waals surface area contributed by atoms with E-state index in [9.17, 15) is 20.0 Å². The van der Waals surface area contributed by atoms with Crippen molar-refractivity contribution in [3.8, 4) is 22.9 Å². The molecule has 1 N–H and O–H groups in total. The summed E-state index contributed by atoms with van der Waals surface area (Å²) in [7, 11) is 0. The van der Waals surface area contributed by atoms with Crippen LogP contribution in [0.4, 0.5) is 0 Å². The minimum absolute atomic E-state index is 0.113. The number of carbonyl (C=O) groups is 1. The largest absolute Gasteiger partial charge is 0.491 e. The SMILES string of the molecule is C=Cc1ncc2nc(C)n(CCOc3ccc(Cl)cc3-c3cc(C)nc4c(C(=O)O)csc34)c(=O)c2c1C#N. The Labute approximate surface area is 231 Å². The summed E-state index contributed by atoms with van der Waals surface area (Å²) >= 11 is 7.62. The van der Waals surface area contributed by atoms with Crippen molar-refractivity contribution in [2.24, 2.45) is 0 Å². The molecule has 11 heteroatoms. The van der Waals surface area contributed by atoms with E-state index >= 15 is 0 Å². The molecular formula is C28H20ClN5O4S. The van der Waals surface area contributed by atoms with E-state index in [1.807, 2.05) is 12.1 Å². The third kappa shape index (κ3) is 4.63. The Balaban J connectivity index is 1.52. The molecule has 0 aliphatic heterocycles. The molecule has 194 valence electrons. The molecular weight excluding hydrogens is 538 g/mol. The monoisotopic (exact) mass is 557 g/mol. The second-order valence-electron chi connectivity index (χ2n) is 8.64. The fourth-order valence-electron chi connectivity index (χ4n) is 4.44. The highest BCUT2D eigenvalue weighted by Gasteiger charge is 2.20. The summed E-state index contributed by atoms with van der Waals surface area (Å²) in [6.45, 7) is 7.44. The molecule has 0 bridgehead atoms. The van der Waals surface area contributed by atoms with Crippen molar-refractivity contribution in [1.82, 2.24) is 19.5 Å². The molecule has 5 rings (SSSR count). The van der Waals surface area contributed by atoms with Crippen molar-refractivity contribution >= 4 is 56.1 Å². The number of nitrogens with zero attached hydrogens (tertiary/aromatic N) is 5. The van der Waals surface area contributed by atoms with Crippen LogP contribution in [0.1, 0.15) is 33.1 Å². The molecule has 0 saturated carbocycles. The minimum atomic E-state index is -1.05. The topological polar surface area (TPSA) is 131 Å². The van der Waals surface area contributed by atoms with Gasteiger partial charge in [-0.05, 0) is 44.2 Å². The van der Waals surface area contributed by atoms with Gasteiger partial charge >= 0.3 is 5.97 Å². The van der Waals surface area contributed by atoms with Crippen LogP contribution in [0.5, 0.6) is 5.75 Å². The number of fused-ring (bicyclic) bond motifs is 2. The standard InChI is InChI=1S/C28H20ClN5O4S/c1-4-21-19(11-30)24-22(12-31-21)33-15(3)34(27(24)35)7-8-38-23-6-5-16(29)10-17(23)18-9-14(2)32-25-20(28(36)37)13-39-26(18)25/h4-6,9-10,12-13H,1,7-8H2,2-3H3,(H,36,37). The summed E-state index contributed by atoms with van der Waals surface area (Å²) in [5.74, 6) is -0.0872. The first-order chi connectivity index (χ1) is 18.7. The number of pyridine rings is 2. The normalized spacial score (nSPS) is 11.0. The highest BCUT2D eigenvalue weighted by atomic mass is 35.5. The van der Waals surface area contributed by atoms with E-state index < -0.39 is 5.97 Å². The maximum absolute atomic E-state index is 13.4. The third-order valence-corrected chi connectivity index (χ3v) is 7.45. The van der Waals surface area contributed by atoms with Crippen LogP contribution < -0.4 is 10.3 Å². The van der Waals surface area contributed by atoms with Crippen LogP contribution in [0.25, 0.3) is 38.3 Å². The van der Waals surface area contributed by atoms with E-state index in [2.05, 4.69) is 21.5 Å². The van der Waals surface area contributed by atoms with Crippen molar-refractivity contribution < 1.29 is 14.6 Å². The summed E-state index contributed by atoms with van der Waals surface area (Å²) in [6.07, 6.45) is 2.89. The van der Waals surface area contributed by atoms with Crippen molar-refractivity contribution in [2.45, 2.75) is 20.4 Å². The highest BCUT2D eigenvalue weighted by Crippen LogP contribution is 2.40. The van der Waals surface area contributed by atoms with Crippen molar-refractivity contribution in [3.63, 3.8) is 0 Å². The number of benzene rings is 1. The van der Waals surface area contributed by atoms with E-state index in [1.54, 1.807) is 37.4 Å². The number of hydrogen-bond acceptors (Lipinski definition) is 8. The molecule has 39 heavy (non-hydrogen) atoms. The van der Waals surface area contributed by atoms with Crippen LogP contribution >= 0.6 is 22.9 Å². The van der Waals surface area contributed by atoms with Gasteiger partial charge in [0.05, 0.1) is 50.7 Å². The van der Waals surface area contributed by atoms with Gasteiger partial charge in [-0.3, -0.25) is 19.3 Å². The molecule has 0 amide bonds. The first kappa shape index (κ1) is 26.0. The average Bonchev–Trinajstić information content (AvgIpc) is 3.34. The molecule has 4 heterocycles. The zero-order chi connectivity index (χ0) is 27.8. The number of rotatable bonds is 7. The molecule has 5 aromatic rings. The molecule has 0 saturated heterocycles. The Kier molecular flexibility index (Phi) is 6.87. The van der Waals surface area contributed by atoms with Gasteiger partial charge in [-0.25, -0.2) is 9.78 Å². The zero-order valence-corrected chi connectivity index (χ0v) is 22.4. The summed E-state index contributed by atoms with van der Waals surface area (Å²) in [6, 6.07) is 9.09. The maximum atomic E-state index is 13.4. The van der Waals surface area contributed by atoms with E-state index in [0.717, 1.165) is 5.56 Å². The first-order valence-corrected chi connectivity index (χ1v) is 13.0. The lowest BCUT2D eigenvalue weighted by atomic mass is 10.0. The average molecular weight is 558 g/mol. The lowest BCUT2D eigenvalue weighted by Crippen LogP contribution is -2.27. The molecule has 9 nitrogen and oxygen atoms in total. The Morgan fingerprint density at radius 2 is 2.08 bits per heavy atom. The minimum Gasteiger partial charge on any atom is -0.491 e. The molecule has 0 radical (unpaired) electrons. The third-order valence-electron chi connectivity index (χ3n) is 6.21. The van der Waals surface area contributed by atoms with Gasteiger partial charge in [0.2, 0.25) is 0 Å². The van der Waals surface area contributed by atoms with Crippen LogP contribution in [0, 0.1) is 25.2 Å². The molecule has 1 aromatic carbocycles. The van der Waals surface area contributed by atoms with Crippen molar-refractivity contribution in [1.29, 1.82) is 5.26 Å². The number of nitriles is 1. The summed E-state index contributed by atoms with van der Waals surface area (Å²) < 4.78 is 8.30. The number of thiophene rings is 1. The van der Waals surface area contributed by atoms with Gasteiger partial charge in [0.1, 0.15) is 24.3 Å². The number of aromatic nitrogens is 4. The van der Waals surface area contributed by atoms with Gasteiger partial charge in [0, 0.05) is 27.2 Å². The summed E-state index contributed by atoms with van der Waals surface area (Å²) in [4.78, 5) is 38.2. The summed E-state index contributed by atoms with van der Waals surface area (Å²) in [5.41, 5.74) is 3.02. The molecule has 0 aliphatic carbocycles. The lowest BCUT2D eigenvalue weighted by Gasteiger charge is -2.15. The van der Waals surface area contributed by atoms with Gasteiger partial charge < -0.3 is 9.84 Å². The number of aryl methyl sites for hydroxylation is 2. The van der Waals surface area contributed by atoms with E-state index in [4.69, 9.17) is 16.3 Å². The van der Waals surface area contributed by atoms with Gasteiger partial charge in [-0.2, -0.15) is 5.26 Å². The molecule has 0 atom stereocenters. The van der Waals surface area contributed by atoms with Crippen LogP contribution in [-0.4, -0.2) is 37.2 Å². The number of hydrogen-bond donors (Lipinski definition) is 1. The van der Waals surface area contributed by atoms with Crippen LogP contribution in [0.2, 0.25) is 5.02 Å². The van der Waals surface area contributed by atoms with Gasteiger partial charge in [0.15, 0.2) is 0 Å². The molecule has 4 aromatic heterocycles. The fraction of sp³-hybridized carbons (Fsp3) is 0.143. The smallest absolute Gasteiger partial charge is 0.338 e. The maximum Gasteiger partial charge on any atom is 0.338 e. The second kappa shape index (κ2) is 10.3. The van der Waals surface area contributed by atoms with E-state index in [0.29, 0.717) is 49.3 Å². The Bertz CT molecular complexity index is 1920. The van der Waals surface area contributed by atoms with Gasteiger partial charge in [-0.15, -0.1) is 11.3 Å². The number of carboxylic acid groups (broad SMARTS) is 1. The number of carboxylic acids is 1. The fourth-order valence-corrected chi connectivity index (χ4v) is 5.62. The lowest BCUT2D eigenvalue weighted by molar-refractivity contribution is 0.0699. The van der Waals surface area contributed by atoms with Crippen LogP contribution in [0.3, 0.4) is 0 Å². The van der Waals surface area contributed by atoms with Crippen molar-refractivity contribution in [2.75, 3.05) is 6.61 Å². The Morgan fingerprint density at radius 3 is 2.79 bits per heavy atom. The second-order valence-corrected chi connectivity index (χ2v) is 9.96. The molecule has 0 spiro atoms. The molecule has 0 unspecified atom stereocenters. The van der Waals surface area contributed by atoms with Gasteiger partial charge in [0.25, 0.3) is 5.56 Å². The number of ether oxygens (including phenoxy) is 1. The number of halogens is 1. The van der Waals surface area contributed by atoms with E-state index in [-0.39, 0.29) is 35.2 Å².